The molecular formula is C10H13N3OS. The van der Waals surface area contributed by atoms with Crippen LogP contribution in [0.2, 0.25) is 0 Å². The number of nitrogens with one attached hydrogen (secondary N) is 1. The van der Waals surface area contributed by atoms with Crippen LogP contribution in [0, 0.1) is 6.92 Å². The zero-order valence-electron chi connectivity index (χ0n) is 8.78. The third-order valence-electron chi connectivity index (χ3n) is 1.94. The van der Waals surface area contributed by atoms with Crippen LogP contribution in [-0.4, -0.2) is 16.7 Å². The summed E-state index contributed by atoms with van der Waals surface area (Å²) in [5.41, 5.74) is 0. The van der Waals surface area contributed by atoms with Gasteiger partial charge in [-0.2, -0.15) is 0 Å². The van der Waals surface area contributed by atoms with Gasteiger partial charge in [-0.15, -0.1) is 10.2 Å². The van der Waals surface area contributed by atoms with Crippen molar-refractivity contribution < 1.29 is 4.42 Å². The van der Waals surface area contributed by atoms with Gasteiger partial charge in [0.1, 0.15) is 10.8 Å². The summed E-state index contributed by atoms with van der Waals surface area (Å²) in [7, 11) is 0. The molecule has 0 saturated carbocycles. The smallest absolute Gasteiger partial charge is 0.183 e. The van der Waals surface area contributed by atoms with Crippen molar-refractivity contribution in [3.63, 3.8) is 0 Å². The number of furan rings is 1. The summed E-state index contributed by atoms with van der Waals surface area (Å²) in [4.78, 5) is 0. The molecule has 4 nitrogen and oxygen atoms in total. The molecule has 0 unspecified atom stereocenters. The molecule has 0 aliphatic heterocycles. The summed E-state index contributed by atoms with van der Waals surface area (Å²) in [5.74, 6) is 1.70. The third-order valence-corrected chi connectivity index (χ3v) is 2.88. The first-order valence-corrected chi connectivity index (χ1v) is 5.71. The maximum atomic E-state index is 5.47. The minimum absolute atomic E-state index is 0.772. The monoisotopic (exact) mass is 223 g/mol. The van der Waals surface area contributed by atoms with Crippen LogP contribution in [0.4, 0.5) is 0 Å². The van der Waals surface area contributed by atoms with E-state index in [0.717, 1.165) is 34.6 Å². The van der Waals surface area contributed by atoms with E-state index < -0.39 is 0 Å². The lowest BCUT2D eigenvalue weighted by atomic mass is 10.4. The van der Waals surface area contributed by atoms with Gasteiger partial charge in [-0.25, -0.2) is 0 Å². The minimum atomic E-state index is 0.772. The Morgan fingerprint density at radius 1 is 1.40 bits per heavy atom. The van der Waals surface area contributed by atoms with E-state index in [9.17, 15) is 0 Å². The first kappa shape index (κ1) is 10.3. The Hall–Kier alpha value is -1.20. The Morgan fingerprint density at radius 3 is 2.93 bits per heavy atom. The van der Waals surface area contributed by atoms with E-state index >= 15 is 0 Å². The molecule has 0 fully saturated rings. The molecular weight excluding hydrogens is 210 g/mol. The van der Waals surface area contributed by atoms with E-state index in [4.69, 9.17) is 4.42 Å². The average molecular weight is 223 g/mol. The second-order valence-corrected chi connectivity index (χ2v) is 4.25. The Labute approximate surface area is 92.3 Å². The molecule has 0 saturated heterocycles. The van der Waals surface area contributed by atoms with Crippen LogP contribution >= 0.6 is 11.3 Å². The molecule has 0 amide bonds. The zero-order chi connectivity index (χ0) is 10.7. The molecule has 0 atom stereocenters. The van der Waals surface area contributed by atoms with Gasteiger partial charge in [0.2, 0.25) is 0 Å². The fourth-order valence-corrected chi connectivity index (χ4v) is 1.98. The summed E-state index contributed by atoms with van der Waals surface area (Å²) < 4.78 is 5.47. The lowest BCUT2D eigenvalue weighted by molar-refractivity contribution is 0.547. The van der Waals surface area contributed by atoms with Gasteiger partial charge in [-0.3, -0.25) is 0 Å². The maximum absolute atomic E-state index is 5.47. The van der Waals surface area contributed by atoms with Gasteiger partial charge in [-0.05, 0) is 25.6 Å². The van der Waals surface area contributed by atoms with Crippen molar-refractivity contribution in [2.45, 2.75) is 20.4 Å². The van der Waals surface area contributed by atoms with Crippen molar-refractivity contribution in [2.75, 3.05) is 6.54 Å². The van der Waals surface area contributed by atoms with Crippen molar-refractivity contribution in [3.8, 4) is 10.8 Å². The van der Waals surface area contributed by atoms with Crippen LogP contribution in [0.1, 0.15) is 17.7 Å². The van der Waals surface area contributed by atoms with Crippen molar-refractivity contribution in [1.29, 1.82) is 0 Å². The molecule has 80 valence electrons. The van der Waals surface area contributed by atoms with Gasteiger partial charge in [0.05, 0.1) is 0 Å². The van der Waals surface area contributed by atoms with Gasteiger partial charge < -0.3 is 9.73 Å². The Balaban J connectivity index is 2.13. The zero-order valence-corrected chi connectivity index (χ0v) is 9.60. The number of aromatic nitrogens is 2. The first-order chi connectivity index (χ1) is 7.29. The van der Waals surface area contributed by atoms with Gasteiger partial charge in [0.25, 0.3) is 0 Å². The molecule has 15 heavy (non-hydrogen) atoms. The van der Waals surface area contributed by atoms with E-state index in [2.05, 4.69) is 22.4 Å². The second-order valence-electron chi connectivity index (χ2n) is 3.19. The molecule has 2 aromatic heterocycles. The standard InChI is InChI=1S/C10H13N3OS/c1-3-11-6-9-12-13-10(15-9)8-5-4-7(2)14-8/h4-5,11H,3,6H2,1-2H3. The van der Waals surface area contributed by atoms with E-state index in [-0.39, 0.29) is 0 Å². The molecule has 0 aliphatic rings. The predicted molar refractivity (Wildman–Crippen MR) is 59.7 cm³/mol. The molecule has 0 spiro atoms. The van der Waals surface area contributed by atoms with Crippen molar-refractivity contribution >= 4 is 11.3 Å². The fourth-order valence-electron chi connectivity index (χ4n) is 1.21. The van der Waals surface area contributed by atoms with Crippen LogP contribution in [0.3, 0.4) is 0 Å². The van der Waals surface area contributed by atoms with Gasteiger partial charge in [0.15, 0.2) is 10.8 Å². The van der Waals surface area contributed by atoms with E-state index in [1.807, 2.05) is 19.1 Å². The molecule has 2 rings (SSSR count). The Morgan fingerprint density at radius 2 is 2.27 bits per heavy atom. The molecule has 0 radical (unpaired) electrons. The molecule has 2 heterocycles. The first-order valence-electron chi connectivity index (χ1n) is 4.89. The van der Waals surface area contributed by atoms with E-state index in [1.54, 1.807) is 11.3 Å². The SMILES string of the molecule is CCNCc1nnc(-c2ccc(C)o2)s1. The summed E-state index contributed by atoms with van der Waals surface area (Å²) in [6.45, 7) is 5.70. The number of hydrogen-bond donors (Lipinski definition) is 1. The molecule has 2 aromatic rings. The van der Waals surface area contributed by atoms with Crippen molar-refractivity contribution in [3.05, 3.63) is 22.9 Å². The lowest BCUT2D eigenvalue weighted by Crippen LogP contribution is -2.11. The summed E-state index contributed by atoms with van der Waals surface area (Å²) >= 11 is 1.56. The highest BCUT2D eigenvalue weighted by molar-refractivity contribution is 7.14. The summed E-state index contributed by atoms with van der Waals surface area (Å²) in [6.07, 6.45) is 0. The Kier molecular flexibility index (Phi) is 3.13. The minimum Gasteiger partial charge on any atom is -0.459 e. The molecule has 5 heteroatoms. The second kappa shape index (κ2) is 4.55. The third kappa shape index (κ3) is 2.43. The highest BCUT2D eigenvalue weighted by atomic mass is 32.1. The van der Waals surface area contributed by atoms with Gasteiger partial charge >= 0.3 is 0 Å². The maximum Gasteiger partial charge on any atom is 0.183 e. The Bertz CT molecular complexity index is 435. The normalized spacial score (nSPS) is 10.8. The lowest BCUT2D eigenvalue weighted by Gasteiger charge is -1.93. The molecule has 1 N–H and O–H groups in total. The predicted octanol–water partition coefficient (Wildman–Crippen LogP) is 2.22. The fraction of sp³-hybridized carbons (Fsp3) is 0.400. The van der Waals surface area contributed by atoms with Crippen LogP contribution in [0.15, 0.2) is 16.5 Å². The molecule has 0 aromatic carbocycles. The number of aryl methyl sites for hydroxylation is 1. The van der Waals surface area contributed by atoms with E-state index in [0.29, 0.717) is 0 Å². The number of nitrogens with zero attached hydrogens (tertiary/aromatic N) is 2. The quantitative estimate of drug-likeness (QED) is 0.863. The van der Waals surface area contributed by atoms with Gasteiger partial charge in [0, 0.05) is 6.54 Å². The highest BCUT2D eigenvalue weighted by Gasteiger charge is 2.09. The van der Waals surface area contributed by atoms with Crippen LogP contribution in [0.5, 0.6) is 0 Å². The largest absolute Gasteiger partial charge is 0.459 e. The van der Waals surface area contributed by atoms with Crippen molar-refractivity contribution in [2.24, 2.45) is 0 Å². The highest BCUT2D eigenvalue weighted by Crippen LogP contribution is 2.24. The molecule has 0 aliphatic carbocycles. The molecule has 0 bridgehead atoms. The van der Waals surface area contributed by atoms with Crippen molar-refractivity contribution in [1.82, 2.24) is 15.5 Å². The number of rotatable bonds is 4. The number of hydrogen-bond acceptors (Lipinski definition) is 5. The van der Waals surface area contributed by atoms with Crippen LogP contribution < -0.4 is 5.32 Å². The van der Waals surface area contributed by atoms with E-state index in [1.165, 1.54) is 0 Å². The topological polar surface area (TPSA) is 51.0 Å². The summed E-state index contributed by atoms with van der Waals surface area (Å²) in [6, 6.07) is 3.85. The van der Waals surface area contributed by atoms with Crippen LogP contribution in [0.25, 0.3) is 10.8 Å². The van der Waals surface area contributed by atoms with Gasteiger partial charge in [-0.1, -0.05) is 18.3 Å². The summed E-state index contributed by atoms with van der Waals surface area (Å²) in [5, 5.41) is 13.2. The van der Waals surface area contributed by atoms with Crippen LogP contribution in [-0.2, 0) is 6.54 Å². The average Bonchev–Trinajstić information content (AvgIpc) is 2.83.